The summed E-state index contributed by atoms with van der Waals surface area (Å²) in [4.78, 5) is 160. The molecule has 0 unspecified atom stereocenters. The maximum absolute atomic E-state index is 13.9. The second-order valence-corrected chi connectivity index (χ2v) is 35.0. The summed E-state index contributed by atoms with van der Waals surface area (Å²) in [7, 11) is 2.99. The Kier molecular flexibility index (Phi) is 33.7. The number of cyclic esters (lactones) is 4. The SMILES string of the molecule is COc1ccc(C[C@H]2NC(=O)/C=C/C[C@@H]([C@H](C)[C@H]3O[C@@H]3c3ccc(Cn4cc(CCCC(=O)O)nn4)cc3)OC(=O)[C@H](CC(C)C)OC(=O)C(C)(C)CNC2=O)cc1Cl.COc1ccc(C[C@H]2NC(=O)/C=C/C[C@@H]([C@H](C)[C@H]3O[C@@H]3c3ccc(Cn4cc(CCCC(=O)ON5C(=O)CCC5=O)nn4)cc3)OC(=O)[C@H](CC(C)C)OC(=O)C(C)(C)CNC2=O)cc1Cl. The normalized spacial score (nSPS) is 23.7. The zero-order chi connectivity index (χ0) is 90.6. The molecule has 6 aromatic rings. The van der Waals surface area contributed by atoms with Crippen molar-refractivity contribution < 1.29 is 105 Å². The molecule has 33 nitrogen and oxygen atoms in total. The van der Waals surface area contributed by atoms with Gasteiger partial charge >= 0.3 is 35.8 Å². The van der Waals surface area contributed by atoms with Gasteiger partial charge in [0.25, 0.3) is 11.8 Å². The lowest BCUT2D eigenvalue weighted by molar-refractivity contribution is -0.197. The smallest absolute Gasteiger partial charge is 0.347 e. The van der Waals surface area contributed by atoms with E-state index in [0.717, 1.165) is 27.9 Å². The van der Waals surface area contributed by atoms with Gasteiger partial charge in [-0.1, -0.05) is 148 Å². The maximum atomic E-state index is 13.9. The minimum atomic E-state index is -1.25. The molecule has 5 N–H and O–H groups in total. The van der Waals surface area contributed by atoms with Gasteiger partial charge in [-0.3, -0.25) is 43.2 Å². The number of hydrogen-bond donors (Lipinski definition) is 5. The van der Waals surface area contributed by atoms with Gasteiger partial charge in [0.2, 0.25) is 23.6 Å². The van der Waals surface area contributed by atoms with E-state index in [2.05, 4.69) is 41.9 Å². The Morgan fingerprint density at radius 3 is 1.31 bits per heavy atom. The van der Waals surface area contributed by atoms with Crippen LogP contribution in [0.2, 0.25) is 10.0 Å². The number of amides is 6. The van der Waals surface area contributed by atoms with E-state index in [9.17, 15) is 57.5 Å². The van der Waals surface area contributed by atoms with Crippen LogP contribution in [0.4, 0.5) is 0 Å². The van der Waals surface area contributed by atoms with Crippen LogP contribution in [-0.2, 0) is 130 Å². The number of ether oxygens (including phenoxy) is 8. The molecule has 0 bridgehead atoms. The van der Waals surface area contributed by atoms with Crippen LogP contribution in [0.15, 0.2) is 122 Å². The Labute approximate surface area is 735 Å². The Hall–Kier alpha value is -11.4. The Morgan fingerprint density at radius 1 is 0.544 bits per heavy atom. The molecule has 0 spiro atoms. The standard InChI is InChI=1S/C47H57ClN6O12.C43H54ClN5O10/c1-27(2)21-37-45(60)63-35(10-8-11-38(55)50-34(23-30-15-18-36(62-6)33(48)22-30)44(59)49-26-47(4,5)46(61)64-37)28(3)42-43(65-42)31-16-13-29(14-17-31)24-53-25-32(51-52-53)9-7-12-41(58)66-54-39(56)19-20-40(54)57;1-25(2)19-35-41(54)57-33(26(3)38-39(59-38)29-16-13-27(14-17-29)22-49-23-30(47-48-49)9-7-12-37(51)52)10-8-11-36(50)46-32(21-28-15-18-34(56-6)31(44)20-28)40(53)45-24-43(4,5)42(55)58-35/h8,11,13-18,22,25,27-28,34-35,37,42-43H,7,9-10,12,19-21,23-24,26H2,1-6H3,(H,49,59)(H,50,55);8,11,13-18,20,23,25-26,32-33,35,38-39H,7,9-10,12,19,21-22,24H2,1-6H3,(H,45,53)(H,46,50)(H,51,52)/b2*11-8+/t28-,34+,35-,37-,42+,43+;26-,32+,33-,35-,38+,39+/m00/s1. The predicted octanol–water partition coefficient (Wildman–Crippen LogP) is 9.87. The number of nitrogens with zero attached hydrogens (tertiary/aromatic N) is 7. The van der Waals surface area contributed by atoms with Crippen LogP contribution in [0.25, 0.3) is 0 Å². The van der Waals surface area contributed by atoms with E-state index in [1.165, 1.54) is 26.4 Å². The van der Waals surface area contributed by atoms with Crippen molar-refractivity contribution in [3.63, 3.8) is 0 Å². The van der Waals surface area contributed by atoms with Crippen LogP contribution in [0, 0.1) is 34.5 Å². The largest absolute Gasteiger partial charge is 0.495 e. The number of aromatic nitrogens is 6. The molecule has 0 radical (unpaired) electrons. The average molecular weight is 1770 g/mol. The second-order valence-electron chi connectivity index (χ2n) is 34.2. The number of carboxylic acids is 1. The average Bonchev–Trinajstić information content (AvgIpc) is 1.63. The fourth-order valence-corrected chi connectivity index (χ4v) is 14.9. The zero-order valence-electron chi connectivity index (χ0n) is 72.3. The van der Waals surface area contributed by atoms with Gasteiger partial charge in [0.15, 0.2) is 12.2 Å². The molecule has 11 rings (SSSR count). The summed E-state index contributed by atoms with van der Waals surface area (Å²) in [5.74, 6) is -7.32. The van der Waals surface area contributed by atoms with Gasteiger partial charge in [-0.2, -0.15) is 0 Å². The third-order valence-corrected chi connectivity index (χ3v) is 22.5. The maximum Gasteiger partial charge on any atom is 0.347 e. The molecule has 3 saturated heterocycles. The number of methoxy groups -OCH3 is 2. The van der Waals surface area contributed by atoms with E-state index in [-0.39, 0.29) is 125 Å². The first kappa shape index (κ1) is 95.8. The second kappa shape index (κ2) is 44.0. The Balaban J connectivity index is 0.000000263. The molecule has 7 heterocycles. The van der Waals surface area contributed by atoms with E-state index in [4.69, 9.17) is 71.0 Å². The lowest BCUT2D eigenvalue weighted by atomic mass is 9.92. The molecular weight excluding hydrogens is 1660 g/mol. The summed E-state index contributed by atoms with van der Waals surface area (Å²) in [5.41, 5.74) is 4.02. The highest BCUT2D eigenvalue weighted by atomic mass is 35.5. The van der Waals surface area contributed by atoms with Crippen molar-refractivity contribution >= 4 is 94.5 Å². The number of rotatable bonds is 29. The van der Waals surface area contributed by atoms with E-state index < -0.39 is 119 Å². The summed E-state index contributed by atoms with van der Waals surface area (Å²) < 4.78 is 50.2. The molecular formula is C90H111Cl2N11O22. The van der Waals surface area contributed by atoms with E-state index >= 15 is 0 Å². The third-order valence-electron chi connectivity index (χ3n) is 21.9. The summed E-state index contributed by atoms with van der Waals surface area (Å²) in [6.45, 7) is 18.5. The van der Waals surface area contributed by atoms with E-state index in [1.807, 2.05) is 96.3 Å². The Morgan fingerprint density at radius 2 is 0.936 bits per heavy atom. The first-order chi connectivity index (χ1) is 59.4. The molecule has 6 amide bonds. The minimum Gasteiger partial charge on any atom is -0.495 e. The molecule has 0 aliphatic carbocycles. The van der Waals surface area contributed by atoms with Crippen LogP contribution in [0.1, 0.15) is 190 Å². The predicted molar refractivity (Wildman–Crippen MR) is 452 cm³/mol. The van der Waals surface area contributed by atoms with Gasteiger partial charge in [0, 0.05) is 88.7 Å². The fraction of sp³-hybridized carbons (Fsp3) is 0.511. The van der Waals surface area contributed by atoms with E-state index in [1.54, 1.807) is 91.8 Å². The number of benzene rings is 4. The number of carbonyl (C=O) groups is 12. The molecule has 5 aliphatic heterocycles. The number of carbonyl (C=O) groups excluding carboxylic acids is 11. The summed E-state index contributed by atoms with van der Waals surface area (Å²) in [5, 5.41) is 37.9. The van der Waals surface area contributed by atoms with Crippen molar-refractivity contribution in [3.8, 4) is 11.5 Å². The fourth-order valence-electron chi connectivity index (χ4n) is 14.3. The van der Waals surface area contributed by atoms with Crippen molar-refractivity contribution in [2.45, 2.75) is 233 Å². The summed E-state index contributed by atoms with van der Waals surface area (Å²) >= 11 is 12.7. The number of halogens is 2. The highest BCUT2D eigenvalue weighted by molar-refractivity contribution is 6.32. The van der Waals surface area contributed by atoms with Gasteiger partial charge in [-0.05, 0) is 148 Å². The van der Waals surface area contributed by atoms with Gasteiger partial charge < -0.3 is 69.1 Å². The quantitative estimate of drug-likeness (QED) is 0.0126. The highest BCUT2D eigenvalue weighted by Gasteiger charge is 2.50. The molecule has 125 heavy (non-hydrogen) atoms. The third kappa shape index (κ3) is 28.0. The molecule has 672 valence electrons. The topological polar surface area (TPSA) is 428 Å². The van der Waals surface area contributed by atoms with Gasteiger partial charge in [0.1, 0.15) is 48.0 Å². The molecule has 0 saturated carbocycles. The number of nitrogens with one attached hydrogen (secondary N) is 4. The van der Waals surface area contributed by atoms with Crippen molar-refractivity contribution in [3.05, 3.63) is 176 Å². The van der Waals surface area contributed by atoms with Gasteiger partial charge in [-0.15, -0.1) is 15.3 Å². The molecule has 2 aromatic heterocycles. The number of aryl methyl sites for hydroxylation is 2. The van der Waals surface area contributed by atoms with Crippen molar-refractivity contribution in [1.29, 1.82) is 0 Å². The van der Waals surface area contributed by atoms with E-state index in [0.29, 0.717) is 82.2 Å². The van der Waals surface area contributed by atoms with Gasteiger partial charge in [0.05, 0.1) is 71.8 Å². The zero-order valence-corrected chi connectivity index (χ0v) is 73.8. The van der Waals surface area contributed by atoms with Crippen LogP contribution in [-0.4, -0.2) is 187 Å². The number of hydroxylamine groups is 2. The lowest BCUT2D eigenvalue weighted by Gasteiger charge is -2.29. The van der Waals surface area contributed by atoms with Crippen molar-refractivity contribution in [2.75, 3.05) is 27.3 Å². The summed E-state index contributed by atoms with van der Waals surface area (Å²) in [6, 6.07) is 23.8. The van der Waals surface area contributed by atoms with Crippen molar-refractivity contribution in [1.82, 2.24) is 56.3 Å². The number of aliphatic carboxylic acids is 1. The number of esters is 4. The number of epoxide rings is 2. The molecule has 35 heteroatoms. The monoisotopic (exact) mass is 1770 g/mol. The van der Waals surface area contributed by atoms with Crippen LogP contribution >= 0.6 is 23.2 Å². The lowest BCUT2D eigenvalue weighted by Crippen LogP contribution is -2.51. The minimum absolute atomic E-state index is 0.00276. The first-order valence-electron chi connectivity index (χ1n) is 42.0. The molecule has 4 aromatic carbocycles. The van der Waals surface area contributed by atoms with Crippen LogP contribution < -0.4 is 30.7 Å². The molecule has 5 aliphatic rings. The number of hydrogen-bond acceptors (Lipinski definition) is 25. The Bertz CT molecular complexity index is 4900. The molecule has 3 fully saturated rings. The van der Waals surface area contributed by atoms with Crippen LogP contribution in [0.5, 0.6) is 11.5 Å². The number of imide groups is 1. The highest BCUT2D eigenvalue weighted by Crippen LogP contribution is 2.47. The number of carboxylic acid groups (broad SMARTS) is 1. The van der Waals surface area contributed by atoms with Crippen LogP contribution in [0.3, 0.4) is 0 Å². The molecule has 12 atom stereocenters. The first-order valence-corrected chi connectivity index (χ1v) is 42.7. The van der Waals surface area contributed by atoms with Gasteiger partial charge in [-0.25, -0.2) is 23.7 Å². The van der Waals surface area contributed by atoms with Crippen molar-refractivity contribution in [2.24, 2.45) is 34.5 Å². The summed E-state index contributed by atoms with van der Waals surface area (Å²) in [6.07, 6.45) is 7.07.